The van der Waals surface area contributed by atoms with Gasteiger partial charge in [-0.05, 0) is 24.0 Å². The molecule has 0 aliphatic rings. The summed E-state index contributed by atoms with van der Waals surface area (Å²) in [6, 6.07) is 20.5. The molecule has 0 bridgehead atoms. The Bertz CT molecular complexity index is 615. The number of nitrogens with one attached hydrogen (secondary N) is 1. The normalized spacial score (nSPS) is 11.7. The van der Waals surface area contributed by atoms with Crippen molar-refractivity contribution in [2.45, 2.75) is 25.7 Å². The zero-order valence-electron chi connectivity index (χ0n) is 12.9. The highest BCUT2D eigenvalue weighted by Gasteiger charge is 2.15. The topological polar surface area (TPSA) is 46.2 Å². The minimum Gasteiger partial charge on any atom is -0.215 e. The van der Waals surface area contributed by atoms with Crippen LogP contribution < -0.4 is 4.72 Å². The van der Waals surface area contributed by atoms with Crippen molar-refractivity contribution in [3.63, 3.8) is 0 Å². The minimum atomic E-state index is -3.14. The van der Waals surface area contributed by atoms with E-state index in [1.165, 1.54) is 11.1 Å². The van der Waals surface area contributed by atoms with Gasteiger partial charge in [0.05, 0.1) is 5.75 Å². The number of hydrogen-bond donors (Lipinski definition) is 1. The van der Waals surface area contributed by atoms with E-state index in [9.17, 15) is 8.42 Å². The first-order valence-electron chi connectivity index (χ1n) is 7.69. The van der Waals surface area contributed by atoms with Gasteiger partial charge < -0.3 is 0 Å². The fourth-order valence-electron chi connectivity index (χ4n) is 2.60. The standard InChI is InChI=1S/C18H23NO2S/c1-2-15-22(20,21)19-14-13-18(16-9-5-3-6-10-16)17-11-7-4-8-12-17/h3-12,18-19H,2,13-15H2,1H3. The van der Waals surface area contributed by atoms with Crippen molar-refractivity contribution in [1.82, 2.24) is 4.72 Å². The van der Waals surface area contributed by atoms with Gasteiger partial charge in [0, 0.05) is 12.5 Å². The van der Waals surface area contributed by atoms with Gasteiger partial charge in [-0.25, -0.2) is 13.1 Å². The van der Waals surface area contributed by atoms with E-state index in [1.807, 2.05) is 43.3 Å². The summed E-state index contributed by atoms with van der Waals surface area (Å²) in [5, 5.41) is 0. The molecule has 0 unspecified atom stereocenters. The fourth-order valence-corrected chi connectivity index (χ4v) is 3.71. The average molecular weight is 317 g/mol. The first-order valence-corrected chi connectivity index (χ1v) is 9.35. The van der Waals surface area contributed by atoms with Gasteiger partial charge in [-0.2, -0.15) is 0 Å². The fraction of sp³-hybridized carbons (Fsp3) is 0.333. The molecule has 0 spiro atoms. The molecular weight excluding hydrogens is 294 g/mol. The van der Waals surface area contributed by atoms with E-state index in [0.717, 1.165) is 6.42 Å². The molecule has 0 radical (unpaired) electrons. The molecule has 0 saturated carbocycles. The average Bonchev–Trinajstić information content (AvgIpc) is 2.53. The van der Waals surface area contributed by atoms with Crippen molar-refractivity contribution in [1.29, 1.82) is 0 Å². The van der Waals surface area contributed by atoms with Crippen LogP contribution >= 0.6 is 0 Å². The Labute approximate surface area is 133 Å². The quantitative estimate of drug-likeness (QED) is 0.809. The highest BCUT2D eigenvalue weighted by Crippen LogP contribution is 2.27. The summed E-state index contributed by atoms with van der Waals surface area (Å²) >= 11 is 0. The lowest BCUT2D eigenvalue weighted by Gasteiger charge is -2.18. The van der Waals surface area contributed by atoms with Crippen LogP contribution in [-0.4, -0.2) is 20.7 Å². The van der Waals surface area contributed by atoms with Crippen LogP contribution in [0.3, 0.4) is 0 Å². The summed E-state index contributed by atoms with van der Waals surface area (Å²) < 4.78 is 26.3. The van der Waals surface area contributed by atoms with Crippen LogP contribution in [0.5, 0.6) is 0 Å². The van der Waals surface area contributed by atoms with Crippen molar-refractivity contribution in [3.8, 4) is 0 Å². The van der Waals surface area contributed by atoms with Gasteiger partial charge in [-0.1, -0.05) is 67.6 Å². The molecule has 22 heavy (non-hydrogen) atoms. The molecule has 0 fully saturated rings. The Balaban J connectivity index is 2.10. The monoisotopic (exact) mass is 317 g/mol. The maximum absolute atomic E-state index is 11.8. The third-order valence-electron chi connectivity index (χ3n) is 3.63. The van der Waals surface area contributed by atoms with E-state index in [-0.39, 0.29) is 11.7 Å². The Morgan fingerprint density at radius 3 is 1.86 bits per heavy atom. The van der Waals surface area contributed by atoms with Crippen molar-refractivity contribution >= 4 is 10.0 Å². The van der Waals surface area contributed by atoms with E-state index in [1.54, 1.807) is 0 Å². The van der Waals surface area contributed by atoms with E-state index in [0.29, 0.717) is 13.0 Å². The molecule has 3 nitrogen and oxygen atoms in total. The largest absolute Gasteiger partial charge is 0.215 e. The van der Waals surface area contributed by atoms with Gasteiger partial charge in [0.15, 0.2) is 0 Å². The predicted molar refractivity (Wildman–Crippen MR) is 91.4 cm³/mol. The van der Waals surface area contributed by atoms with Crippen LogP contribution in [0.25, 0.3) is 0 Å². The van der Waals surface area contributed by atoms with Gasteiger partial charge in [-0.15, -0.1) is 0 Å². The Kier molecular flexibility index (Phi) is 6.16. The summed E-state index contributed by atoms with van der Waals surface area (Å²) in [4.78, 5) is 0. The Hall–Kier alpha value is -1.65. The highest BCUT2D eigenvalue weighted by atomic mass is 32.2. The van der Waals surface area contributed by atoms with Gasteiger partial charge in [0.25, 0.3) is 0 Å². The zero-order valence-corrected chi connectivity index (χ0v) is 13.7. The van der Waals surface area contributed by atoms with Crippen molar-refractivity contribution in [3.05, 3.63) is 71.8 Å². The van der Waals surface area contributed by atoms with Crippen LogP contribution in [0.2, 0.25) is 0 Å². The van der Waals surface area contributed by atoms with Crippen molar-refractivity contribution < 1.29 is 8.42 Å². The highest BCUT2D eigenvalue weighted by molar-refractivity contribution is 7.89. The van der Waals surface area contributed by atoms with Gasteiger partial charge in [-0.3, -0.25) is 0 Å². The van der Waals surface area contributed by atoms with Crippen LogP contribution in [0, 0.1) is 0 Å². The lowest BCUT2D eigenvalue weighted by atomic mass is 9.89. The summed E-state index contributed by atoms with van der Waals surface area (Å²) in [5.41, 5.74) is 2.42. The van der Waals surface area contributed by atoms with Gasteiger partial charge in [0.2, 0.25) is 10.0 Å². The molecule has 1 N–H and O–H groups in total. The van der Waals surface area contributed by atoms with E-state index >= 15 is 0 Å². The maximum atomic E-state index is 11.8. The zero-order chi connectivity index (χ0) is 15.8. The predicted octanol–water partition coefficient (Wildman–Crippen LogP) is 3.54. The van der Waals surface area contributed by atoms with Crippen LogP contribution in [0.1, 0.15) is 36.8 Å². The van der Waals surface area contributed by atoms with Crippen molar-refractivity contribution in [2.75, 3.05) is 12.3 Å². The van der Waals surface area contributed by atoms with Gasteiger partial charge >= 0.3 is 0 Å². The minimum absolute atomic E-state index is 0.189. The second kappa shape index (κ2) is 8.11. The molecule has 118 valence electrons. The van der Waals surface area contributed by atoms with Crippen LogP contribution in [0.15, 0.2) is 60.7 Å². The summed E-state index contributed by atoms with van der Waals surface area (Å²) in [5.74, 6) is 0.390. The lowest BCUT2D eigenvalue weighted by molar-refractivity contribution is 0.574. The molecule has 0 saturated heterocycles. The Morgan fingerprint density at radius 1 is 0.909 bits per heavy atom. The lowest BCUT2D eigenvalue weighted by Crippen LogP contribution is -2.28. The molecule has 2 aromatic carbocycles. The number of hydrogen-bond acceptors (Lipinski definition) is 2. The van der Waals surface area contributed by atoms with Crippen LogP contribution in [0.4, 0.5) is 0 Å². The smallest absolute Gasteiger partial charge is 0.211 e. The third-order valence-corrected chi connectivity index (χ3v) is 5.22. The molecule has 0 heterocycles. The molecule has 4 heteroatoms. The van der Waals surface area contributed by atoms with Crippen LogP contribution in [-0.2, 0) is 10.0 Å². The number of benzene rings is 2. The molecule has 0 aromatic heterocycles. The molecule has 2 aromatic rings. The number of rotatable bonds is 8. The molecule has 2 rings (SSSR count). The third kappa shape index (κ3) is 4.97. The van der Waals surface area contributed by atoms with E-state index < -0.39 is 10.0 Å². The Morgan fingerprint density at radius 2 is 1.41 bits per heavy atom. The van der Waals surface area contributed by atoms with Gasteiger partial charge in [0.1, 0.15) is 0 Å². The van der Waals surface area contributed by atoms with Crippen molar-refractivity contribution in [2.24, 2.45) is 0 Å². The van der Waals surface area contributed by atoms with E-state index in [2.05, 4.69) is 29.0 Å². The summed E-state index contributed by atoms with van der Waals surface area (Å²) in [7, 11) is -3.14. The maximum Gasteiger partial charge on any atom is 0.211 e. The molecule has 0 amide bonds. The van der Waals surface area contributed by atoms with E-state index in [4.69, 9.17) is 0 Å². The summed E-state index contributed by atoms with van der Waals surface area (Å²) in [6.07, 6.45) is 1.38. The second-order valence-corrected chi connectivity index (χ2v) is 7.30. The second-order valence-electron chi connectivity index (χ2n) is 5.38. The first kappa shape index (κ1) is 16.7. The number of sulfonamides is 1. The molecule has 0 atom stereocenters. The molecule has 0 aliphatic carbocycles. The molecule has 0 aliphatic heterocycles. The molecular formula is C18H23NO2S. The SMILES string of the molecule is CCCS(=O)(=O)NCCC(c1ccccc1)c1ccccc1. The summed E-state index contributed by atoms with van der Waals surface area (Å²) in [6.45, 7) is 2.33. The first-order chi connectivity index (χ1) is 10.6.